The van der Waals surface area contributed by atoms with Crippen molar-refractivity contribution in [1.82, 2.24) is 0 Å². The Morgan fingerprint density at radius 3 is 2.74 bits per heavy atom. The Kier molecular flexibility index (Phi) is 4.60. The van der Waals surface area contributed by atoms with Gasteiger partial charge in [0, 0.05) is 35.8 Å². The Balaban J connectivity index is 2.15. The minimum Gasteiger partial charge on any atom is -0.507 e. The van der Waals surface area contributed by atoms with Crippen LogP contribution in [0.5, 0.6) is 5.75 Å². The summed E-state index contributed by atoms with van der Waals surface area (Å²) in [6.07, 6.45) is 3.88. The summed E-state index contributed by atoms with van der Waals surface area (Å²) in [7, 11) is 1.88. The predicted molar refractivity (Wildman–Crippen MR) is 81.7 cm³/mol. The number of likely N-dealkylation sites (N-methyl/N-ethyl adjacent to an activating group) is 1. The third-order valence-corrected chi connectivity index (χ3v) is 3.70. The zero-order valence-corrected chi connectivity index (χ0v) is 11.6. The molecule has 0 aliphatic rings. The molecule has 2 aromatic rings. The fourth-order valence-corrected chi connectivity index (χ4v) is 2.37. The van der Waals surface area contributed by atoms with Gasteiger partial charge >= 0.3 is 0 Å². The van der Waals surface area contributed by atoms with Gasteiger partial charge in [0.25, 0.3) is 0 Å². The van der Waals surface area contributed by atoms with Crippen molar-refractivity contribution in [2.45, 2.75) is 0 Å². The molecule has 0 atom stereocenters. The Hall–Kier alpha value is -1.78. The fraction of sp³-hybridized carbons (Fsp3) is 0.200. The minimum atomic E-state index is 0.0945. The Morgan fingerprint density at radius 1 is 1.26 bits per heavy atom. The largest absolute Gasteiger partial charge is 0.507 e. The van der Waals surface area contributed by atoms with E-state index < -0.39 is 0 Å². The van der Waals surface area contributed by atoms with E-state index in [-0.39, 0.29) is 12.4 Å². The van der Waals surface area contributed by atoms with Crippen LogP contribution in [-0.2, 0) is 0 Å². The second kappa shape index (κ2) is 6.41. The highest BCUT2D eigenvalue weighted by Crippen LogP contribution is 2.26. The van der Waals surface area contributed by atoms with Crippen molar-refractivity contribution < 1.29 is 10.2 Å². The third-order valence-electron chi connectivity index (χ3n) is 2.86. The summed E-state index contributed by atoms with van der Waals surface area (Å²) >= 11 is 1.66. The van der Waals surface area contributed by atoms with Crippen LogP contribution in [0.1, 0.15) is 10.4 Å². The minimum absolute atomic E-state index is 0.0945. The van der Waals surface area contributed by atoms with Crippen LogP contribution in [0.3, 0.4) is 0 Å². The van der Waals surface area contributed by atoms with Crippen molar-refractivity contribution in [2.24, 2.45) is 0 Å². The molecule has 3 nitrogen and oxygen atoms in total. The van der Waals surface area contributed by atoms with E-state index >= 15 is 0 Å². The molecule has 0 aliphatic heterocycles. The number of aromatic hydroxyl groups is 1. The molecule has 0 fully saturated rings. The van der Waals surface area contributed by atoms with Crippen LogP contribution in [0.2, 0.25) is 0 Å². The van der Waals surface area contributed by atoms with Gasteiger partial charge in [-0.3, -0.25) is 0 Å². The van der Waals surface area contributed by atoms with Gasteiger partial charge in [-0.05, 0) is 35.7 Å². The number of rotatable bonds is 5. The van der Waals surface area contributed by atoms with Crippen LogP contribution in [0.15, 0.2) is 35.7 Å². The number of anilines is 1. The maximum Gasteiger partial charge on any atom is 0.124 e. The molecule has 2 rings (SSSR count). The first-order valence-electron chi connectivity index (χ1n) is 6.07. The van der Waals surface area contributed by atoms with Crippen molar-refractivity contribution in [3.63, 3.8) is 0 Å². The normalized spacial score (nSPS) is 11.1. The van der Waals surface area contributed by atoms with Crippen LogP contribution in [0.25, 0.3) is 12.2 Å². The van der Waals surface area contributed by atoms with Crippen LogP contribution < -0.4 is 4.90 Å². The highest BCUT2D eigenvalue weighted by molar-refractivity contribution is 7.10. The average Bonchev–Trinajstić information content (AvgIpc) is 2.90. The van der Waals surface area contributed by atoms with E-state index in [1.54, 1.807) is 17.4 Å². The van der Waals surface area contributed by atoms with Crippen LogP contribution in [0, 0.1) is 0 Å². The summed E-state index contributed by atoms with van der Waals surface area (Å²) in [6, 6.07) is 9.55. The number of hydrogen-bond acceptors (Lipinski definition) is 4. The number of benzene rings is 1. The molecule has 2 N–H and O–H groups in total. The van der Waals surface area contributed by atoms with Crippen molar-refractivity contribution in [1.29, 1.82) is 0 Å². The van der Waals surface area contributed by atoms with Crippen molar-refractivity contribution >= 4 is 29.2 Å². The monoisotopic (exact) mass is 275 g/mol. The van der Waals surface area contributed by atoms with E-state index in [0.29, 0.717) is 6.54 Å². The lowest BCUT2D eigenvalue weighted by molar-refractivity contribution is 0.304. The van der Waals surface area contributed by atoms with Crippen LogP contribution >= 0.6 is 11.3 Å². The van der Waals surface area contributed by atoms with Gasteiger partial charge in [0.05, 0.1) is 6.61 Å². The summed E-state index contributed by atoms with van der Waals surface area (Å²) in [5.74, 6) is 0.245. The summed E-state index contributed by atoms with van der Waals surface area (Å²) < 4.78 is 0. The molecule has 0 saturated carbocycles. The van der Waals surface area contributed by atoms with E-state index in [4.69, 9.17) is 5.11 Å². The summed E-state index contributed by atoms with van der Waals surface area (Å²) in [6.45, 7) is 0.640. The molecule has 0 bridgehead atoms. The Morgan fingerprint density at radius 2 is 2.11 bits per heavy atom. The number of aliphatic hydroxyl groups is 1. The highest BCUT2D eigenvalue weighted by atomic mass is 32.1. The van der Waals surface area contributed by atoms with E-state index in [1.165, 1.54) is 0 Å². The standard InChI is InChI=1S/C15H17NO2S/c1-16(8-9-17)13-6-4-12(15(18)11-13)5-7-14-3-2-10-19-14/h2-7,10-11,17-18H,8-9H2,1H3/b7-5+. The van der Waals surface area contributed by atoms with E-state index in [0.717, 1.165) is 16.1 Å². The van der Waals surface area contributed by atoms with Gasteiger partial charge in [0.15, 0.2) is 0 Å². The zero-order valence-electron chi connectivity index (χ0n) is 10.8. The lowest BCUT2D eigenvalue weighted by Crippen LogP contribution is -2.20. The smallest absolute Gasteiger partial charge is 0.124 e. The fourth-order valence-electron chi connectivity index (χ4n) is 1.75. The number of phenols is 1. The molecule has 0 spiro atoms. The number of phenolic OH excluding ortho intramolecular Hbond substituents is 1. The molecule has 0 saturated heterocycles. The third kappa shape index (κ3) is 3.59. The molecule has 0 aliphatic carbocycles. The van der Waals surface area contributed by atoms with E-state index in [1.807, 2.05) is 53.7 Å². The first-order chi connectivity index (χ1) is 9.20. The molecule has 19 heavy (non-hydrogen) atoms. The van der Waals surface area contributed by atoms with E-state index in [2.05, 4.69) is 0 Å². The number of aliphatic hydroxyl groups excluding tert-OH is 1. The molecule has 1 aromatic carbocycles. The predicted octanol–water partition coefficient (Wildman–Crippen LogP) is 3.05. The van der Waals surface area contributed by atoms with Gasteiger partial charge in [-0.2, -0.15) is 0 Å². The number of nitrogens with zero attached hydrogens (tertiary/aromatic N) is 1. The van der Waals surface area contributed by atoms with Crippen molar-refractivity contribution in [3.8, 4) is 5.75 Å². The SMILES string of the molecule is CN(CCO)c1ccc(/C=C/c2cccs2)c(O)c1. The second-order valence-electron chi connectivity index (χ2n) is 4.24. The number of thiophene rings is 1. The molecule has 1 heterocycles. The quantitative estimate of drug-likeness (QED) is 0.881. The summed E-state index contributed by atoms with van der Waals surface area (Å²) in [5.41, 5.74) is 1.68. The van der Waals surface area contributed by atoms with Crippen LogP contribution in [-0.4, -0.2) is 30.4 Å². The Labute approximate surface area is 117 Å². The van der Waals surface area contributed by atoms with Crippen molar-refractivity contribution in [2.75, 3.05) is 25.1 Å². The molecule has 0 amide bonds. The molecular formula is C15H17NO2S. The molecule has 1 aromatic heterocycles. The first kappa shape index (κ1) is 13.6. The average molecular weight is 275 g/mol. The van der Waals surface area contributed by atoms with Gasteiger partial charge in [-0.25, -0.2) is 0 Å². The molecular weight excluding hydrogens is 258 g/mol. The van der Waals surface area contributed by atoms with Gasteiger partial charge in [0.1, 0.15) is 5.75 Å². The summed E-state index contributed by atoms with van der Waals surface area (Å²) in [5, 5.41) is 20.9. The van der Waals surface area contributed by atoms with Crippen molar-refractivity contribution in [3.05, 3.63) is 46.2 Å². The second-order valence-corrected chi connectivity index (χ2v) is 5.22. The molecule has 0 radical (unpaired) electrons. The van der Waals surface area contributed by atoms with Gasteiger partial charge < -0.3 is 15.1 Å². The Bertz CT molecular complexity index is 549. The molecule has 100 valence electrons. The molecule has 0 unspecified atom stereocenters. The van der Waals surface area contributed by atoms with Gasteiger partial charge in [0.2, 0.25) is 0 Å². The maximum atomic E-state index is 10.0. The topological polar surface area (TPSA) is 43.7 Å². The maximum absolute atomic E-state index is 10.0. The lowest BCUT2D eigenvalue weighted by Gasteiger charge is -2.18. The first-order valence-corrected chi connectivity index (χ1v) is 6.95. The van der Waals surface area contributed by atoms with E-state index in [9.17, 15) is 5.11 Å². The number of hydrogen-bond donors (Lipinski definition) is 2. The molecule has 4 heteroatoms. The lowest BCUT2D eigenvalue weighted by atomic mass is 10.1. The summed E-state index contributed by atoms with van der Waals surface area (Å²) in [4.78, 5) is 3.05. The van der Waals surface area contributed by atoms with Gasteiger partial charge in [-0.1, -0.05) is 6.07 Å². The zero-order chi connectivity index (χ0) is 13.7. The van der Waals surface area contributed by atoms with Crippen LogP contribution in [0.4, 0.5) is 5.69 Å². The highest BCUT2D eigenvalue weighted by Gasteiger charge is 2.04. The van der Waals surface area contributed by atoms with Gasteiger partial charge in [-0.15, -0.1) is 11.3 Å².